The van der Waals surface area contributed by atoms with Gasteiger partial charge in [-0.25, -0.2) is 0 Å². The van der Waals surface area contributed by atoms with Gasteiger partial charge in [-0.3, -0.25) is 4.79 Å². The number of carbonyl (C=O) groups is 1. The number of nitrogens with two attached hydrogens (primary N) is 1. The first-order chi connectivity index (χ1) is 9.40. The van der Waals surface area contributed by atoms with Gasteiger partial charge in [0.2, 0.25) is 0 Å². The van der Waals surface area contributed by atoms with Crippen LogP contribution >= 0.6 is 44.3 Å². The summed E-state index contributed by atoms with van der Waals surface area (Å²) < 4.78 is 1.84. The van der Waals surface area contributed by atoms with Crippen LogP contribution in [0.25, 0.3) is 0 Å². The van der Waals surface area contributed by atoms with Crippen LogP contribution in [-0.4, -0.2) is 24.2 Å². The van der Waals surface area contributed by atoms with Crippen LogP contribution < -0.4 is 10.6 Å². The third-order valence-electron chi connectivity index (χ3n) is 4.05. The van der Waals surface area contributed by atoms with Crippen molar-refractivity contribution >= 4 is 61.6 Å². The Balaban J connectivity index is 0.00000220. The largest absolute Gasteiger partial charge is 0.481 e. The highest BCUT2D eigenvalue weighted by Gasteiger charge is 2.28. The van der Waals surface area contributed by atoms with Gasteiger partial charge in [-0.05, 0) is 53.7 Å². The van der Waals surface area contributed by atoms with Crippen molar-refractivity contribution in [3.8, 4) is 0 Å². The van der Waals surface area contributed by atoms with Crippen molar-refractivity contribution in [1.82, 2.24) is 0 Å². The first kappa shape index (κ1) is 18.6. The number of anilines is 2. The molecule has 7 heteroatoms. The van der Waals surface area contributed by atoms with Gasteiger partial charge < -0.3 is 15.7 Å². The second-order valence-corrected chi connectivity index (χ2v) is 7.05. The van der Waals surface area contributed by atoms with E-state index in [-0.39, 0.29) is 18.3 Å². The van der Waals surface area contributed by atoms with Gasteiger partial charge >= 0.3 is 5.97 Å². The molecule has 0 bridgehead atoms. The Hall–Kier alpha value is -0.460. The number of nitrogen functional groups attached to an aromatic ring is 1. The summed E-state index contributed by atoms with van der Waals surface area (Å²) in [6.07, 6.45) is 3.24. The highest BCUT2D eigenvalue weighted by molar-refractivity contribution is 9.11. The molecular weight excluding hydrogens is 423 g/mol. The Kier molecular flexibility index (Phi) is 6.81. The molecule has 4 nitrogen and oxygen atoms in total. The zero-order chi connectivity index (χ0) is 14.9. The van der Waals surface area contributed by atoms with E-state index in [9.17, 15) is 4.79 Å². The first-order valence-corrected chi connectivity index (χ1v) is 8.19. The molecule has 0 radical (unpaired) electrons. The van der Waals surface area contributed by atoms with E-state index in [1.165, 1.54) is 0 Å². The SMILES string of the molecule is CN(c1cc(Br)cc(Br)c1N)[C@H]1CC[C@H](C(=O)O)CC1.Cl. The van der Waals surface area contributed by atoms with Gasteiger partial charge in [0.25, 0.3) is 0 Å². The molecule has 0 spiro atoms. The summed E-state index contributed by atoms with van der Waals surface area (Å²) in [5.41, 5.74) is 7.83. The number of hydrogen-bond donors (Lipinski definition) is 2. The van der Waals surface area contributed by atoms with Crippen LogP contribution in [0.2, 0.25) is 0 Å². The predicted octanol–water partition coefficient (Wildman–Crippen LogP) is 4.30. The molecule has 1 aliphatic carbocycles. The average molecular weight is 443 g/mol. The van der Waals surface area contributed by atoms with Gasteiger partial charge in [0.15, 0.2) is 0 Å². The lowest BCUT2D eigenvalue weighted by Crippen LogP contribution is -2.37. The number of rotatable bonds is 3. The van der Waals surface area contributed by atoms with Gasteiger partial charge in [0.05, 0.1) is 17.3 Å². The summed E-state index contributed by atoms with van der Waals surface area (Å²) >= 11 is 6.94. The fourth-order valence-corrected chi connectivity index (χ4v) is 3.97. The molecule has 1 fully saturated rings. The van der Waals surface area contributed by atoms with Crippen molar-refractivity contribution in [2.75, 3.05) is 17.7 Å². The van der Waals surface area contributed by atoms with E-state index in [0.717, 1.165) is 46.0 Å². The topological polar surface area (TPSA) is 66.6 Å². The Morgan fingerprint density at radius 1 is 1.29 bits per heavy atom. The molecule has 2 rings (SSSR count). The zero-order valence-electron chi connectivity index (χ0n) is 11.7. The van der Waals surface area contributed by atoms with E-state index in [0.29, 0.717) is 6.04 Å². The van der Waals surface area contributed by atoms with Crippen LogP contribution in [0.1, 0.15) is 25.7 Å². The smallest absolute Gasteiger partial charge is 0.306 e. The lowest BCUT2D eigenvalue weighted by Gasteiger charge is -2.35. The molecule has 0 saturated heterocycles. The molecular formula is C14H19Br2ClN2O2. The number of nitrogens with zero attached hydrogens (tertiary/aromatic N) is 1. The van der Waals surface area contributed by atoms with E-state index in [2.05, 4.69) is 36.8 Å². The van der Waals surface area contributed by atoms with E-state index in [1.807, 2.05) is 19.2 Å². The van der Waals surface area contributed by atoms with E-state index >= 15 is 0 Å². The van der Waals surface area contributed by atoms with Crippen molar-refractivity contribution < 1.29 is 9.90 Å². The number of hydrogen-bond acceptors (Lipinski definition) is 3. The molecule has 0 aliphatic heterocycles. The number of carboxylic acids is 1. The Morgan fingerprint density at radius 3 is 2.38 bits per heavy atom. The third kappa shape index (κ3) is 4.27. The Labute approximate surface area is 147 Å². The maximum Gasteiger partial charge on any atom is 0.306 e. The van der Waals surface area contributed by atoms with Crippen LogP contribution in [0.4, 0.5) is 11.4 Å². The fraction of sp³-hybridized carbons (Fsp3) is 0.500. The lowest BCUT2D eigenvalue weighted by atomic mass is 9.85. The van der Waals surface area contributed by atoms with Crippen molar-refractivity contribution in [2.24, 2.45) is 5.92 Å². The summed E-state index contributed by atoms with van der Waals surface area (Å²) in [5, 5.41) is 9.05. The summed E-state index contributed by atoms with van der Waals surface area (Å²) in [6, 6.07) is 4.27. The van der Waals surface area contributed by atoms with E-state index in [1.54, 1.807) is 0 Å². The van der Waals surface area contributed by atoms with Crippen LogP contribution in [-0.2, 0) is 4.79 Å². The first-order valence-electron chi connectivity index (χ1n) is 6.60. The second-order valence-electron chi connectivity index (χ2n) is 5.28. The number of carboxylic acid groups (broad SMARTS) is 1. The van der Waals surface area contributed by atoms with Crippen molar-refractivity contribution in [3.63, 3.8) is 0 Å². The highest BCUT2D eigenvalue weighted by atomic mass is 79.9. The summed E-state index contributed by atoms with van der Waals surface area (Å²) in [5.74, 6) is -0.859. The van der Waals surface area contributed by atoms with Crippen LogP contribution in [0.3, 0.4) is 0 Å². The predicted molar refractivity (Wildman–Crippen MR) is 95.3 cm³/mol. The number of halogens is 3. The molecule has 0 amide bonds. The van der Waals surface area contributed by atoms with Gasteiger partial charge in [-0.2, -0.15) is 0 Å². The van der Waals surface area contributed by atoms with Gasteiger partial charge in [-0.15, -0.1) is 12.4 Å². The van der Waals surface area contributed by atoms with E-state index < -0.39 is 5.97 Å². The molecule has 1 aromatic rings. The standard InChI is InChI=1S/C14H18Br2N2O2.ClH/c1-18(10-4-2-8(3-5-10)14(19)20)12-7-9(15)6-11(16)13(12)17;/h6-8,10H,2-5,17H2,1H3,(H,19,20);1H/t8-,10-;. The normalized spacial score (nSPS) is 21.5. The second kappa shape index (κ2) is 7.70. The van der Waals surface area contributed by atoms with Crippen molar-refractivity contribution in [2.45, 2.75) is 31.7 Å². The molecule has 1 aromatic carbocycles. The minimum Gasteiger partial charge on any atom is -0.481 e. The number of aliphatic carboxylic acids is 1. The Bertz CT molecular complexity index is 520. The molecule has 1 saturated carbocycles. The monoisotopic (exact) mass is 440 g/mol. The van der Waals surface area contributed by atoms with Crippen molar-refractivity contribution in [1.29, 1.82) is 0 Å². The lowest BCUT2D eigenvalue weighted by molar-refractivity contribution is -0.142. The van der Waals surface area contributed by atoms with Crippen molar-refractivity contribution in [3.05, 3.63) is 21.1 Å². The molecule has 0 aromatic heterocycles. The zero-order valence-corrected chi connectivity index (χ0v) is 15.7. The molecule has 0 heterocycles. The molecule has 1 aliphatic rings. The molecule has 21 heavy (non-hydrogen) atoms. The highest BCUT2D eigenvalue weighted by Crippen LogP contribution is 2.37. The molecule has 0 unspecified atom stereocenters. The van der Waals surface area contributed by atoms with Gasteiger partial charge in [-0.1, -0.05) is 15.9 Å². The van der Waals surface area contributed by atoms with Crippen LogP contribution in [0.15, 0.2) is 21.1 Å². The van der Waals surface area contributed by atoms with Crippen LogP contribution in [0.5, 0.6) is 0 Å². The quantitative estimate of drug-likeness (QED) is 0.685. The summed E-state index contributed by atoms with van der Waals surface area (Å²) in [4.78, 5) is 13.2. The molecule has 3 N–H and O–H groups in total. The molecule has 118 valence electrons. The minimum absolute atomic E-state index is 0. The fourth-order valence-electron chi connectivity index (χ4n) is 2.77. The summed E-state index contributed by atoms with van der Waals surface area (Å²) in [7, 11) is 2.02. The van der Waals surface area contributed by atoms with Gasteiger partial charge in [0, 0.05) is 22.0 Å². The molecule has 0 atom stereocenters. The third-order valence-corrected chi connectivity index (χ3v) is 5.16. The van der Waals surface area contributed by atoms with Crippen LogP contribution in [0, 0.1) is 5.92 Å². The Morgan fingerprint density at radius 2 is 1.86 bits per heavy atom. The minimum atomic E-state index is -0.671. The number of benzene rings is 1. The van der Waals surface area contributed by atoms with Gasteiger partial charge in [0.1, 0.15) is 0 Å². The maximum absolute atomic E-state index is 11.0. The average Bonchev–Trinajstić information content (AvgIpc) is 2.42. The van der Waals surface area contributed by atoms with E-state index in [4.69, 9.17) is 10.8 Å². The summed E-state index contributed by atoms with van der Waals surface area (Å²) in [6.45, 7) is 0. The maximum atomic E-state index is 11.0.